The Morgan fingerprint density at radius 2 is 1.90 bits per heavy atom. The zero-order chi connectivity index (χ0) is 15.1. The summed E-state index contributed by atoms with van der Waals surface area (Å²) in [6, 6.07) is 0.152. The zero-order valence-electron chi connectivity index (χ0n) is 12.7. The molecule has 120 valence electrons. The van der Waals surface area contributed by atoms with Crippen LogP contribution in [0.4, 0.5) is 0 Å². The lowest BCUT2D eigenvalue weighted by Crippen LogP contribution is -2.42. The maximum absolute atomic E-state index is 11.9. The van der Waals surface area contributed by atoms with Gasteiger partial charge < -0.3 is 20.7 Å². The van der Waals surface area contributed by atoms with E-state index >= 15 is 0 Å². The lowest BCUT2D eigenvalue weighted by molar-refractivity contribution is -0.135. The van der Waals surface area contributed by atoms with Gasteiger partial charge in [-0.15, -0.1) is 0 Å². The highest BCUT2D eigenvalue weighted by Crippen LogP contribution is 2.25. The highest BCUT2D eigenvalue weighted by molar-refractivity contribution is 5.79. The Hall–Kier alpha value is -1.14. The van der Waals surface area contributed by atoms with Gasteiger partial charge in [0, 0.05) is 38.5 Å². The fraction of sp³-hybridized carbons (Fsp3) is 0.867. The van der Waals surface area contributed by atoms with Gasteiger partial charge in [-0.1, -0.05) is 12.8 Å². The van der Waals surface area contributed by atoms with Crippen molar-refractivity contribution in [1.82, 2.24) is 10.2 Å². The van der Waals surface area contributed by atoms with Crippen molar-refractivity contribution in [3.63, 3.8) is 0 Å². The number of nitrogens with one attached hydrogen (secondary N) is 1. The Morgan fingerprint density at radius 3 is 2.62 bits per heavy atom. The first kappa shape index (κ1) is 16.2. The summed E-state index contributed by atoms with van der Waals surface area (Å²) >= 11 is 0. The molecule has 2 amide bonds. The molecule has 21 heavy (non-hydrogen) atoms. The second-order valence-corrected chi connectivity index (χ2v) is 6.01. The number of hydrogen-bond acceptors (Lipinski definition) is 4. The average molecular weight is 297 g/mol. The summed E-state index contributed by atoms with van der Waals surface area (Å²) < 4.78 is 5.21. The van der Waals surface area contributed by atoms with E-state index in [1.807, 2.05) is 0 Å². The maximum Gasteiger partial charge on any atom is 0.224 e. The van der Waals surface area contributed by atoms with Crippen LogP contribution in [0.5, 0.6) is 0 Å². The lowest BCUT2D eigenvalue weighted by atomic mass is 9.83. The van der Waals surface area contributed by atoms with Crippen molar-refractivity contribution in [1.29, 1.82) is 0 Å². The Kier molecular flexibility index (Phi) is 6.45. The van der Waals surface area contributed by atoms with Crippen molar-refractivity contribution < 1.29 is 14.3 Å². The van der Waals surface area contributed by atoms with Crippen LogP contribution in [0.25, 0.3) is 0 Å². The molecule has 0 aromatic heterocycles. The van der Waals surface area contributed by atoms with Crippen molar-refractivity contribution in [2.24, 2.45) is 11.7 Å². The standard InChI is InChI=1S/C15H27N3O3/c16-13-4-2-1-3-12(13)11-14(19)17-6-5-15(20)18-7-9-21-10-8-18/h12-13H,1-11,16H2,(H,17,19). The Balaban J connectivity index is 1.61. The van der Waals surface area contributed by atoms with Gasteiger partial charge in [-0.05, 0) is 18.8 Å². The number of carbonyl (C=O) groups excluding carboxylic acids is 2. The molecule has 0 aromatic carbocycles. The minimum atomic E-state index is 0.0205. The Morgan fingerprint density at radius 1 is 1.19 bits per heavy atom. The van der Waals surface area contributed by atoms with Crippen LogP contribution in [0, 0.1) is 5.92 Å². The summed E-state index contributed by atoms with van der Waals surface area (Å²) in [5, 5.41) is 2.85. The van der Waals surface area contributed by atoms with Gasteiger partial charge in [-0.25, -0.2) is 0 Å². The average Bonchev–Trinajstić information content (AvgIpc) is 2.50. The molecule has 0 spiro atoms. The zero-order valence-corrected chi connectivity index (χ0v) is 12.7. The number of carbonyl (C=O) groups is 2. The summed E-state index contributed by atoms with van der Waals surface area (Å²) in [7, 11) is 0. The van der Waals surface area contributed by atoms with Crippen molar-refractivity contribution in [2.45, 2.75) is 44.6 Å². The normalized spacial score (nSPS) is 26.4. The molecule has 2 fully saturated rings. The molecule has 1 aliphatic carbocycles. The molecular weight excluding hydrogens is 270 g/mol. The summed E-state index contributed by atoms with van der Waals surface area (Å²) in [4.78, 5) is 25.6. The number of morpholine rings is 1. The van der Waals surface area contributed by atoms with E-state index in [2.05, 4.69) is 5.32 Å². The highest BCUT2D eigenvalue weighted by Gasteiger charge is 2.24. The van der Waals surface area contributed by atoms with Crippen LogP contribution in [0.1, 0.15) is 38.5 Å². The summed E-state index contributed by atoms with van der Waals surface area (Å²) in [6.07, 6.45) is 5.26. The van der Waals surface area contributed by atoms with E-state index in [1.54, 1.807) is 4.90 Å². The quantitative estimate of drug-likeness (QED) is 0.762. The third kappa shape index (κ3) is 5.28. The second-order valence-electron chi connectivity index (χ2n) is 6.01. The van der Waals surface area contributed by atoms with Crippen molar-refractivity contribution in [2.75, 3.05) is 32.8 Å². The second kappa shape index (κ2) is 8.34. The first-order valence-electron chi connectivity index (χ1n) is 8.04. The molecule has 1 saturated carbocycles. The van der Waals surface area contributed by atoms with Gasteiger partial charge in [0.25, 0.3) is 0 Å². The third-order valence-corrected chi connectivity index (χ3v) is 4.44. The van der Waals surface area contributed by atoms with Crippen molar-refractivity contribution in [3.8, 4) is 0 Å². The first-order valence-corrected chi connectivity index (χ1v) is 8.04. The molecule has 1 aliphatic heterocycles. The van der Waals surface area contributed by atoms with Crippen LogP contribution in [0.15, 0.2) is 0 Å². The largest absolute Gasteiger partial charge is 0.378 e. The predicted molar refractivity (Wildman–Crippen MR) is 79.6 cm³/mol. The lowest BCUT2D eigenvalue weighted by Gasteiger charge is -2.28. The van der Waals surface area contributed by atoms with E-state index in [0.717, 1.165) is 12.8 Å². The number of rotatable bonds is 5. The van der Waals surface area contributed by atoms with Crippen molar-refractivity contribution >= 4 is 11.8 Å². The number of nitrogens with zero attached hydrogens (tertiary/aromatic N) is 1. The van der Waals surface area contributed by atoms with Gasteiger partial charge >= 0.3 is 0 Å². The molecule has 3 N–H and O–H groups in total. The van der Waals surface area contributed by atoms with Gasteiger partial charge in [-0.2, -0.15) is 0 Å². The minimum absolute atomic E-state index is 0.0205. The van der Waals surface area contributed by atoms with E-state index in [0.29, 0.717) is 51.6 Å². The molecule has 0 radical (unpaired) electrons. The van der Waals surface area contributed by atoms with Gasteiger partial charge in [0.2, 0.25) is 11.8 Å². The molecular formula is C15H27N3O3. The van der Waals surface area contributed by atoms with Crippen molar-refractivity contribution in [3.05, 3.63) is 0 Å². The molecule has 1 heterocycles. The van der Waals surface area contributed by atoms with Gasteiger partial charge in [-0.3, -0.25) is 9.59 Å². The molecule has 6 nitrogen and oxygen atoms in total. The molecule has 2 aliphatic rings. The van der Waals surface area contributed by atoms with Crippen LogP contribution < -0.4 is 11.1 Å². The minimum Gasteiger partial charge on any atom is -0.378 e. The summed E-state index contributed by atoms with van der Waals surface area (Å²) in [5.41, 5.74) is 6.05. The van der Waals surface area contributed by atoms with Crippen LogP contribution in [0.3, 0.4) is 0 Å². The van der Waals surface area contributed by atoms with Crippen LogP contribution in [-0.2, 0) is 14.3 Å². The Labute approximate surface area is 126 Å². The molecule has 6 heteroatoms. The SMILES string of the molecule is NC1CCCCC1CC(=O)NCCC(=O)N1CCOCC1. The summed E-state index contributed by atoms with van der Waals surface area (Å²) in [6.45, 7) is 2.94. The fourth-order valence-electron chi connectivity index (χ4n) is 3.08. The van der Waals surface area contributed by atoms with Gasteiger partial charge in [0.15, 0.2) is 0 Å². The van der Waals surface area contributed by atoms with E-state index in [1.165, 1.54) is 12.8 Å². The molecule has 0 bridgehead atoms. The van der Waals surface area contributed by atoms with Gasteiger partial charge in [0.1, 0.15) is 0 Å². The maximum atomic E-state index is 11.9. The molecule has 2 rings (SSSR count). The molecule has 2 unspecified atom stereocenters. The predicted octanol–water partition coefficient (Wildman–Crippen LogP) is 0.259. The third-order valence-electron chi connectivity index (χ3n) is 4.44. The van der Waals surface area contributed by atoms with E-state index in [-0.39, 0.29) is 17.9 Å². The van der Waals surface area contributed by atoms with E-state index in [4.69, 9.17) is 10.5 Å². The van der Waals surface area contributed by atoms with E-state index in [9.17, 15) is 9.59 Å². The topological polar surface area (TPSA) is 84.7 Å². The number of hydrogen-bond donors (Lipinski definition) is 2. The number of amides is 2. The Bertz CT molecular complexity index is 356. The first-order chi connectivity index (χ1) is 10.2. The van der Waals surface area contributed by atoms with E-state index < -0.39 is 0 Å². The van der Waals surface area contributed by atoms with Crippen LogP contribution >= 0.6 is 0 Å². The highest BCUT2D eigenvalue weighted by atomic mass is 16.5. The number of nitrogens with two attached hydrogens (primary N) is 1. The molecule has 1 saturated heterocycles. The van der Waals surface area contributed by atoms with Crippen LogP contribution in [0.2, 0.25) is 0 Å². The molecule has 2 atom stereocenters. The number of ether oxygens (including phenoxy) is 1. The smallest absolute Gasteiger partial charge is 0.224 e. The molecule has 0 aromatic rings. The summed E-state index contributed by atoms with van der Waals surface area (Å²) in [5.74, 6) is 0.411. The van der Waals surface area contributed by atoms with Crippen LogP contribution in [-0.4, -0.2) is 55.6 Å². The monoisotopic (exact) mass is 297 g/mol. The fourth-order valence-corrected chi connectivity index (χ4v) is 3.08. The van der Waals surface area contributed by atoms with Gasteiger partial charge in [0.05, 0.1) is 13.2 Å².